The summed E-state index contributed by atoms with van der Waals surface area (Å²) in [5, 5.41) is 4.26. The van der Waals surface area contributed by atoms with E-state index in [-0.39, 0.29) is 11.5 Å². The number of pyridine rings is 1. The van der Waals surface area contributed by atoms with Crippen molar-refractivity contribution in [2.24, 2.45) is 12.1 Å². The molecule has 0 spiro atoms. The number of nitrogens with zero attached hydrogens (tertiary/aromatic N) is 4. The summed E-state index contributed by atoms with van der Waals surface area (Å²) in [6.07, 6.45) is 7.30. The molecule has 36 heavy (non-hydrogen) atoms. The summed E-state index contributed by atoms with van der Waals surface area (Å²) in [6.45, 7) is 9.37. The maximum atomic E-state index is 12.5. The summed E-state index contributed by atoms with van der Waals surface area (Å²) in [5.74, 6) is -0.350. The highest BCUT2D eigenvalue weighted by Gasteiger charge is 2.25. The fourth-order valence-electron chi connectivity index (χ4n) is 4.70. The number of ether oxygens (including phenoxy) is 1. The Morgan fingerprint density at radius 2 is 1.81 bits per heavy atom. The average molecular weight is 490 g/mol. The highest BCUT2D eigenvalue weighted by atomic mass is 16.5. The van der Waals surface area contributed by atoms with Crippen LogP contribution in [0.1, 0.15) is 42.6 Å². The first-order valence-corrected chi connectivity index (χ1v) is 12.6. The van der Waals surface area contributed by atoms with E-state index in [9.17, 15) is 9.59 Å². The van der Waals surface area contributed by atoms with Crippen LogP contribution in [-0.2, 0) is 11.8 Å². The van der Waals surface area contributed by atoms with E-state index >= 15 is 0 Å². The first kappa shape index (κ1) is 25.4. The Kier molecular flexibility index (Phi) is 8.38. The number of carbonyl (C=O) groups excluding carboxylic acids is 1. The molecule has 2 aromatic rings. The maximum Gasteiger partial charge on any atom is 0.272 e. The minimum Gasteiger partial charge on any atom is -0.378 e. The Labute approximate surface area is 212 Å². The van der Waals surface area contributed by atoms with E-state index < -0.39 is 0 Å². The second kappa shape index (κ2) is 11.9. The van der Waals surface area contributed by atoms with Crippen molar-refractivity contribution >= 4 is 23.9 Å². The molecule has 190 valence electrons. The average Bonchev–Trinajstić information content (AvgIpc) is 3.29. The van der Waals surface area contributed by atoms with Gasteiger partial charge in [0.25, 0.3) is 5.91 Å². The summed E-state index contributed by atoms with van der Waals surface area (Å²) >= 11 is 0. The van der Waals surface area contributed by atoms with Crippen molar-refractivity contribution in [2.45, 2.75) is 26.7 Å². The maximum absolute atomic E-state index is 12.5. The zero-order valence-electron chi connectivity index (χ0n) is 21.4. The van der Waals surface area contributed by atoms with Gasteiger partial charge in [-0.2, -0.15) is 5.10 Å². The van der Waals surface area contributed by atoms with Crippen LogP contribution in [0.5, 0.6) is 0 Å². The molecule has 1 saturated heterocycles. The van der Waals surface area contributed by atoms with Gasteiger partial charge in [-0.1, -0.05) is 12.1 Å². The molecule has 0 unspecified atom stereocenters. The van der Waals surface area contributed by atoms with Gasteiger partial charge in [-0.15, -0.1) is 0 Å². The van der Waals surface area contributed by atoms with E-state index in [0.717, 1.165) is 44.6 Å². The Balaban J connectivity index is 1.55. The van der Waals surface area contributed by atoms with Gasteiger partial charge in [0, 0.05) is 56.9 Å². The van der Waals surface area contributed by atoms with Crippen molar-refractivity contribution in [3.63, 3.8) is 0 Å². The standard InChI is InChI=1S/C28H35N5O3/c1-4-32(5-2)25-11-6-21(7-12-25)18-22-8-9-23(27(22)33-14-16-36-17-15-33)19-29-30-28(35)24-10-13-26(34)31(3)20-24/h6-7,10-13,18-20H,4-5,8-9,14-17H2,1-3H3,(H,30,35)/b22-18+,29-19?. The SMILES string of the molecule is CCN(CC)c1ccc(/C=C2\CCC(C=NNC(=O)c3ccc(=O)n(C)c3)=C2N2CCOCC2)cc1. The van der Waals surface area contributed by atoms with Gasteiger partial charge in [-0.25, -0.2) is 5.43 Å². The first-order chi connectivity index (χ1) is 17.5. The van der Waals surface area contributed by atoms with Crippen molar-refractivity contribution in [2.75, 3.05) is 44.3 Å². The number of aromatic nitrogens is 1. The number of benzene rings is 1. The van der Waals surface area contributed by atoms with E-state index in [1.54, 1.807) is 13.3 Å². The molecule has 8 heteroatoms. The molecular weight excluding hydrogens is 454 g/mol. The normalized spacial score (nSPS) is 17.3. The molecule has 0 radical (unpaired) electrons. The van der Waals surface area contributed by atoms with Crippen molar-refractivity contribution in [1.29, 1.82) is 0 Å². The van der Waals surface area contributed by atoms with Gasteiger partial charge >= 0.3 is 0 Å². The third kappa shape index (κ3) is 5.94. The minimum atomic E-state index is -0.350. The van der Waals surface area contributed by atoms with E-state index in [4.69, 9.17) is 4.74 Å². The summed E-state index contributed by atoms with van der Waals surface area (Å²) in [6, 6.07) is 11.6. The highest BCUT2D eigenvalue weighted by molar-refractivity contribution is 5.94. The fourth-order valence-corrected chi connectivity index (χ4v) is 4.70. The summed E-state index contributed by atoms with van der Waals surface area (Å²) < 4.78 is 6.96. The number of allylic oxidation sites excluding steroid dienone is 2. The number of aryl methyl sites for hydroxylation is 1. The molecule has 1 aliphatic carbocycles. The van der Waals surface area contributed by atoms with Crippen molar-refractivity contribution < 1.29 is 9.53 Å². The van der Waals surface area contributed by atoms with Gasteiger partial charge in [0.1, 0.15) is 0 Å². The van der Waals surface area contributed by atoms with Crippen LogP contribution in [0.3, 0.4) is 0 Å². The van der Waals surface area contributed by atoms with Crippen LogP contribution < -0.4 is 15.9 Å². The molecule has 0 atom stereocenters. The molecule has 4 rings (SSSR count). The molecule has 1 fully saturated rings. The molecule has 2 heterocycles. The van der Waals surface area contributed by atoms with Crippen LogP contribution in [0, 0.1) is 0 Å². The van der Waals surface area contributed by atoms with Gasteiger partial charge in [0.2, 0.25) is 5.56 Å². The predicted molar refractivity (Wildman–Crippen MR) is 144 cm³/mol. The second-order valence-corrected chi connectivity index (χ2v) is 8.97. The molecule has 1 aliphatic heterocycles. The quantitative estimate of drug-likeness (QED) is 0.454. The summed E-state index contributed by atoms with van der Waals surface area (Å²) in [7, 11) is 1.62. The Morgan fingerprint density at radius 3 is 2.47 bits per heavy atom. The number of anilines is 1. The third-order valence-electron chi connectivity index (χ3n) is 6.70. The molecule has 2 aliphatic rings. The molecule has 1 amide bonds. The van der Waals surface area contributed by atoms with Crippen LogP contribution >= 0.6 is 0 Å². The van der Waals surface area contributed by atoms with Crippen LogP contribution in [0.4, 0.5) is 5.69 Å². The van der Waals surface area contributed by atoms with Crippen LogP contribution in [0.15, 0.2) is 69.3 Å². The Bertz CT molecular complexity index is 1220. The molecule has 1 aromatic carbocycles. The zero-order chi connectivity index (χ0) is 25.5. The number of rotatable bonds is 8. The lowest BCUT2D eigenvalue weighted by molar-refractivity contribution is 0.0548. The molecular formula is C28H35N5O3. The Morgan fingerprint density at radius 1 is 1.08 bits per heavy atom. The number of amides is 1. The van der Waals surface area contributed by atoms with Gasteiger partial charge in [-0.3, -0.25) is 9.59 Å². The minimum absolute atomic E-state index is 0.164. The van der Waals surface area contributed by atoms with Gasteiger partial charge in [-0.05, 0) is 67.7 Å². The lowest BCUT2D eigenvalue weighted by Crippen LogP contribution is -2.36. The lowest BCUT2D eigenvalue weighted by Gasteiger charge is -2.31. The fraction of sp³-hybridized carbons (Fsp3) is 0.393. The Hall–Kier alpha value is -3.65. The highest BCUT2D eigenvalue weighted by Crippen LogP contribution is 2.35. The topological polar surface area (TPSA) is 79.2 Å². The van der Waals surface area contributed by atoms with Crippen LogP contribution in [0.2, 0.25) is 0 Å². The van der Waals surface area contributed by atoms with E-state index in [2.05, 4.69) is 64.5 Å². The zero-order valence-corrected chi connectivity index (χ0v) is 21.4. The predicted octanol–water partition coefficient (Wildman–Crippen LogP) is 3.41. The molecule has 0 saturated carbocycles. The van der Waals surface area contributed by atoms with Gasteiger partial charge in [0.15, 0.2) is 0 Å². The molecule has 1 N–H and O–H groups in total. The van der Waals surface area contributed by atoms with Crippen LogP contribution in [-0.4, -0.2) is 61.0 Å². The number of morpholine rings is 1. The van der Waals surface area contributed by atoms with Gasteiger partial charge < -0.3 is 19.1 Å². The molecule has 1 aromatic heterocycles. The number of hydrazone groups is 1. The van der Waals surface area contributed by atoms with Crippen molar-refractivity contribution in [1.82, 2.24) is 14.9 Å². The number of hydrogen-bond acceptors (Lipinski definition) is 6. The lowest BCUT2D eigenvalue weighted by atomic mass is 10.1. The summed E-state index contributed by atoms with van der Waals surface area (Å²) in [5.41, 5.74) is 8.80. The molecule has 8 nitrogen and oxygen atoms in total. The van der Waals surface area contributed by atoms with Crippen LogP contribution in [0.25, 0.3) is 6.08 Å². The van der Waals surface area contributed by atoms with E-state index in [0.29, 0.717) is 18.8 Å². The second-order valence-electron chi connectivity index (χ2n) is 8.97. The molecule has 0 bridgehead atoms. The van der Waals surface area contributed by atoms with E-state index in [1.165, 1.54) is 45.4 Å². The number of carbonyl (C=O) groups is 1. The smallest absolute Gasteiger partial charge is 0.272 e. The van der Waals surface area contributed by atoms with Crippen molar-refractivity contribution in [3.05, 3.63) is 80.9 Å². The number of hydrogen-bond donors (Lipinski definition) is 1. The summed E-state index contributed by atoms with van der Waals surface area (Å²) in [4.78, 5) is 28.8. The number of nitrogens with one attached hydrogen (secondary N) is 1. The largest absolute Gasteiger partial charge is 0.378 e. The van der Waals surface area contributed by atoms with E-state index in [1.807, 2.05) is 0 Å². The van der Waals surface area contributed by atoms with Gasteiger partial charge in [0.05, 0.1) is 25.0 Å². The van der Waals surface area contributed by atoms with Crippen molar-refractivity contribution in [3.8, 4) is 0 Å². The monoisotopic (exact) mass is 489 g/mol. The third-order valence-corrected chi connectivity index (χ3v) is 6.70. The first-order valence-electron chi connectivity index (χ1n) is 12.6.